The molecule has 0 aliphatic rings. The van der Waals surface area contributed by atoms with Crippen molar-refractivity contribution in [1.82, 2.24) is 9.55 Å². The fraction of sp³-hybridized carbons (Fsp3) is 0.250. The molecule has 6 heteroatoms. The summed E-state index contributed by atoms with van der Waals surface area (Å²) in [6.07, 6.45) is 1.61. The molecule has 0 fully saturated rings. The number of aromatic nitrogens is 2. The molecule has 4 rings (SSSR count). The molecule has 0 saturated carbocycles. The Hall–Kier alpha value is -2.96. The zero-order valence-electron chi connectivity index (χ0n) is 17.0. The molecule has 1 N–H and O–H groups in total. The Bertz CT molecular complexity index is 1210. The number of aliphatic hydroxyl groups is 1. The van der Waals surface area contributed by atoms with Crippen LogP contribution in [-0.2, 0) is 13.0 Å². The Labute approximate surface area is 179 Å². The summed E-state index contributed by atoms with van der Waals surface area (Å²) >= 11 is 1.52. The molecule has 0 aliphatic heterocycles. The van der Waals surface area contributed by atoms with Gasteiger partial charge in [0.2, 0.25) is 0 Å². The van der Waals surface area contributed by atoms with Crippen LogP contribution in [0.5, 0.6) is 5.75 Å². The second kappa shape index (κ2) is 8.81. The van der Waals surface area contributed by atoms with Gasteiger partial charge in [0.05, 0.1) is 18.3 Å². The lowest BCUT2D eigenvalue weighted by Gasteiger charge is -2.14. The van der Waals surface area contributed by atoms with Gasteiger partial charge in [-0.2, -0.15) is 0 Å². The van der Waals surface area contributed by atoms with Crippen LogP contribution in [0.1, 0.15) is 18.1 Å². The molecule has 0 radical (unpaired) electrons. The van der Waals surface area contributed by atoms with E-state index in [0.29, 0.717) is 5.39 Å². The first kappa shape index (κ1) is 20.3. The lowest BCUT2D eigenvalue weighted by molar-refractivity contribution is 0.0914. The number of aliphatic hydroxyl groups excluding tert-OH is 1. The fourth-order valence-corrected chi connectivity index (χ4v) is 4.63. The zero-order valence-corrected chi connectivity index (χ0v) is 17.9. The lowest BCUT2D eigenvalue weighted by Crippen LogP contribution is -2.30. The van der Waals surface area contributed by atoms with Crippen LogP contribution < -0.4 is 10.3 Å². The minimum atomic E-state index is -0.820. The second-order valence-corrected chi connectivity index (χ2v) is 8.27. The van der Waals surface area contributed by atoms with Crippen molar-refractivity contribution in [3.8, 4) is 16.2 Å². The van der Waals surface area contributed by atoms with Crippen LogP contribution in [0, 0.1) is 6.92 Å². The van der Waals surface area contributed by atoms with Gasteiger partial charge in [-0.15, -0.1) is 11.3 Å². The highest BCUT2D eigenvalue weighted by Gasteiger charge is 2.17. The van der Waals surface area contributed by atoms with Crippen LogP contribution in [0.3, 0.4) is 0 Å². The molecule has 0 amide bonds. The van der Waals surface area contributed by atoms with E-state index in [0.717, 1.165) is 33.0 Å². The molecule has 0 aliphatic carbocycles. The summed E-state index contributed by atoms with van der Waals surface area (Å²) < 4.78 is 7.18. The maximum Gasteiger partial charge on any atom is 0.262 e. The number of aryl methyl sites for hydroxylation is 2. The molecule has 154 valence electrons. The van der Waals surface area contributed by atoms with Crippen molar-refractivity contribution in [1.29, 1.82) is 0 Å². The summed E-state index contributed by atoms with van der Waals surface area (Å²) in [5, 5.41) is 11.0. The predicted molar refractivity (Wildman–Crippen MR) is 121 cm³/mol. The Morgan fingerprint density at radius 2 is 1.97 bits per heavy atom. The molecule has 1 unspecified atom stereocenters. The smallest absolute Gasteiger partial charge is 0.262 e. The number of benzene rings is 2. The Kier molecular flexibility index (Phi) is 5.97. The number of hydrogen-bond acceptors (Lipinski definition) is 5. The molecular formula is C24H24N2O3S. The SMILES string of the molecule is CCc1cccc(OCC(O)Cn2cnc3sc(-c4ccccc4)c(C)c3c2=O)c1. The van der Waals surface area contributed by atoms with E-state index >= 15 is 0 Å². The number of fused-ring (bicyclic) bond motifs is 1. The fourth-order valence-electron chi connectivity index (χ4n) is 3.48. The van der Waals surface area contributed by atoms with E-state index in [9.17, 15) is 9.90 Å². The van der Waals surface area contributed by atoms with E-state index in [4.69, 9.17) is 4.74 Å². The molecule has 4 aromatic rings. The third-order valence-electron chi connectivity index (χ3n) is 5.11. The highest BCUT2D eigenvalue weighted by molar-refractivity contribution is 7.22. The quantitative estimate of drug-likeness (QED) is 0.480. The highest BCUT2D eigenvalue weighted by Crippen LogP contribution is 2.35. The van der Waals surface area contributed by atoms with Crippen LogP contribution in [0.25, 0.3) is 20.7 Å². The number of hydrogen-bond donors (Lipinski definition) is 1. The minimum absolute atomic E-state index is 0.107. The minimum Gasteiger partial charge on any atom is -0.491 e. The average molecular weight is 421 g/mol. The molecule has 0 bridgehead atoms. The van der Waals surface area contributed by atoms with Crippen molar-refractivity contribution in [2.45, 2.75) is 32.9 Å². The van der Waals surface area contributed by atoms with Gasteiger partial charge in [0, 0.05) is 4.88 Å². The Morgan fingerprint density at radius 1 is 1.17 bits per heavy atom. The van der Waals surface area contributed by atoms with Crippen LogP contribution in [0.15, 0.2) is 65.7 Å². The van der Waals surface area contributed by atoms with E-state index in [1.165, 1.54) is 27.8 Å². The van der Waals surface area contributed by atoms with E-state index in [1.807, 2.05) is 61.5 Å². The van der Waals surface area contributed by atoms with Gasteiger partial charge in [-0.25, -0.2) is 4.98 Å². The number of thiophene rings is 1. The van der Waals surface area contributed by atoms with Gasteiger partial charge >= 0.3 is 0 Å². The summed E-state index contributed by atoms with van der Waals surface area (Å²) in [5.41, 5.74) is 3.04. The van der Waals surface area contributed by atoms with Gasteiger partial charge < -0.3 is 9.84 Å². The van der Waals surface area contributed by atoms with E-state index in [1.54, 1.807) is 0 Å². The van der Waals surface area contributed by atoms with E-state index in [2.05, 4.69) is 11.9 Å². The second-order valence-electron chi connectivity index (χ2n) is 7.27. The van der Waals surface area contributed by atoms with Crippen LogP contribution in [0.4, 0.5) is 0 Å². The normalized spacial score (nSPS) is 12.2. The molecule has 0 spiro atoms. The molecular weight excluding hydrogens is 396 g/mol. The van der Waals surface area contributed by atoms with Gasteiger partial charge in [0.15, 0.2) is 0 Å². The van der Waals surface area contributed by atoms with Crippen molar-refractivity contribution >= 4 is 21.6 Å². The maximum absolute atomic E-state index is 13.1. The monoisotopic (exact) mass is 420 g/mol. The van der Waals surface area contributed by atoms with Gasteiger partial charge in [0.25, 0.3) is 5.56 Å². The summed E-state index contributed by atoms with van der Waals surface area (Å²) in [4.78, 5) is 19.3. The molecule has 2 aromatic heterocycles. The largest absolute Gasteiger partial charge is 0.491 e. The summed E-state index contributed by atoms with van der Waals surface area (Å²) in [6, 6.07) is 17.8. The maximum atomic E-state index is 13.1. The zero-order chi connectivity index (χ0) is 21.1. The van der Waals surface area contributed by atoms with Gasteiger partial charge in [-0.05, 0) is 42.2 Å². The Morgan fingerprint density at radius 3 is 2.73 bits per heavy atom. The van der Waals surface area contributed by atoms with Gasteiger partial charge in [-0.3, -0.25) is 9.36 Å². The predicted octanol–water partition coefficient (Wildman–Crippen LogP) is 4.44. The molecule has 2 aromatic carbocycles. The highest BCUT2D eigenvalue weighted by atomic mass is 32.1. The van der Waals surface area contributed by atoms with Gasteiger partial charge in [-0.1, -0.05) is 49.4 Å². The topological polar surface area (TPSA) is 64.3 Å². The van der Waals surface area contributed by atoms with Gasteiger partial charge in [0.1, 0.15) is 23.3 Å². The van der Waals surface area contributed by atoms with Crippen molar-refractivity contribution in [3.63, 3.8) is 0 Å². The van der Waals surface area contributed by atoms with Crippen molar-refractivity contribution in [3.05, 3.63) is 82.4 Å². The van der Waals surface area contributed by atoms with E-state index in [-0.39, 0.29) is 18.7 Å². The van der Waals surface area contributed by atoms with Crippen LogP contribution in [0.2, 0.25) is 0 Å². The molecule has 2 heterocycles. The summed E-state index contributed by atoms with van der Waals surface area (Å²) in [6.45, 7) is 4.27. The van der Waals surface area contributed by atoms with E-state index < -0.39 is 6.10 Å². The molecule has 1 atom stereocenters. The lowest BCUT2D eigenvalue weighted by atomic mass is 10.1. The van der Waals surface area contributed by atoms with Crippen molar-refractivity contribution in [2.24, 2.45) is 0 Å². The molecule has 5 nitrogen and oxygen atoms in total. The summed E-state index contributed by atoms with van der Waals surface area (Å²) in [7, 11) is 0. The van der Waals surface area contributed by atoms with Crippen molar-refractivity contribution in [2.75, 3.05) is 6.61 Å². The van der Waals surface area contributed by atoms with Crippen LogP contribution >= 0.6 is 11.3 Å². The van der Waals surface area contributed by atoms with Crippen molar-refractivity contribution < 1.29 is 9.84 Å². The van der Waals surface area contributed by atoms with Crippen LogP contribution in [-0.4, -0.2) is 27.4 Å². The molecule has 30 heavy (non-hydrogen) atoms. The third-order valence-corrected chi connectivity index (χ3v) is 6.36. The first-order valence-corrected chi connectivity index (χ1v) is 10.8. The first-order chi connectivity index (χ1) is 14.6. The Balaban J connectivity index is 1.53. The number of nitrogens with zero attached hydrogens (tertiary/aromatic N) is 2. The number of ether oxygens (including phenoxy) is 1. The standard InChI is InChI=1S/C24H24N2O3S/c1-3-17-8-7-11-20(12-17)29-14-19(27)13-26-15-25-23-21(24(26)28)16(2)22(30-23)18-9-5-4-6-10-18/h4-12,15,19,27H,3,13-14H2,1-2H3. The molecule has 0 saturated heterocycles. The third kappa shape index (κ3) is 4.15. The summed E-state index contributed by atoms with van der Waals surface area (Å²) in [5.74, 6) is 0.718. The first-order valence-electron chi connectivity index (χ1n) is 10.0. The average Bonchev–Trinajstić information content (AvgIpc) is 3.12. The number of rotatable bonds is 7.